The highest BCUT2D eigenvalue weighted by Gasteiger charge is 2.43. The molecule has 3 aromatic carbocycles. The zero-order valence-electron chi connectivity index (χ0n) is 18.2. The number of alkyl halides is 3. The number of carbonyl (C=O) groups excluding carboxylic acids is 1. The van der Waals surface area contributed by atoms with Crippen molar-refractivity contribution in [2.75, 3.05) is 6.61 Å². The van der Waals surface area contributed by atoms with Gasteiger partial charge in [-0.25, -0.2) is 0 Å². The molecule has 0 spiro atoms. The second kappa shape index (κ2) is 10.1. The van der Waals surface area contributed by atoms with Crippen molar-refractivity contribution in [2.45, 2.75) is 25.2 Å². The average Bonchev–Trinajstić information content (AvgIpc) is 3.20. The van der Waals surface area contributed by atoms with Crippen molar-refractivity contribution in [1.29, 1.82) is 0 Å². The molecule has 2 atom stereocenters. The van der Waals surface area contributed by atoms with E-state index in [1.165, 1.54) is 11.0 Å². The minimum atomic E-state index is -4.61. The lowest BCUT2D eigenvalue weighted by Gasteiger charge is -2.28. The van der Waals surface area contributed by atoms with Crippen molar-refractivity contribution in [3.05, 3.63) is 99.0 Å². The van der Waals surface area contributed by atoms with Crippen LogP contribution >= 0.6 is 34.8 Å². The van der Waals surface area contributed by atoms with Gasteiger partial charge in [0, 0.05) is 10.0 Å². The maximum absolute atomic E-state index is 13.6. The Bertz CT molecular complexity index is 1260. The number of aliphatic imine (C=N–C) groups is 1. The van der Waals surface area contributed by atoms with Crippen LogP contribution < -0.4 is 4.74 Å². The molecule has 0 bridgehead atoms. The Labute approximate surface area is 214 Å². The fourth-order valence-corrected chi connectivity index (χ4v) is 4.44. The number of hydrogen-bond acceptors (Lipinski definition) is 3. The summed E-state index contributed by atoms with van der Waals surface area (Å²) in [6.45, 7) is 1.90. The molecule has 0 N–H and O–H groups in total. The van der Waals surface area contributed by atoms with Crippen molar-refractivity contribution >= 4 is 46.0 Å². The van der Waals surface area contributed by atoms with E-state index in [9.17, 15) is 18.0 Å². The van der Waals surface area contributed by atoms with E-state index in [1.54, 1.807) is 55.5 Å². The molecule has 10 heteroatoms. The summed E-state index contributed by atoms with van der Waals surface area (Å²) in [5, 5.41) is 0.0806. The van der Waals surface area contributed by atoms with Crippen LogP contribution in [-0.2, 0) is 6.18 Å². The van der Waals surface area contributed by atoms with E-state index in [2.05, 4.69) is 0 Å². The molecule has 1 amide bonds. The molecule has 0 saturated carbocycles. The minimum Gasteiger partial charge on any atom is -0.493 e. The SMILES string of the molecule is CCOc1ccc(C(F)(F)F)cc1C1=NC(c2ccc(Cl)cc2)C(c2ccc(Cl)cc2)N1C(=O)Cl. The van der Waals surface area contributed by atoms with E-state index in [0.717, 1.165) is 12.1 Å². The zero-order valence-corrected chi connectivity index (χ0v) is 20.5. The molecular weight excluding hydrogens is 524 g/mol. The Kier molecular flexibility index (Phi) is 7.31. The van der Waals surface area contributed by atoms with Gasteiger partial charge in [-0.3, -0.25) is 14.7 Å². The predicted octanol–water partition coefficient (Wildman–Crippen LogP) is 8.31. The summed E-state index contributed by atoms with van der Waals surface area (Å²) in [5.41, 5.74) is 0.439. The number of amidine groups is 1. The van der Waals surface area contributed by atoms with Gasteiger partial charge in [0.2, 0.25) is 0 Å². The van der Waals surface area contributed by atoms with E-state index >= 15 is 0 Å². The molecule has 1 heterocycles. The number of rotatable bonds is 5. The van der Waals surface area contributed by atoms with Crippen molar-refractivity contribution in [3.8, 4) is 5.75 Å². The molecule has 3 aromatic rings. The molecule has 35 heavy (non-hydrogen) atoms. The number of benzene rings is 3. The van der Waals surface area contributed by atoms with E-state index in [1.807, 2.05) is 0 Å². The first-order valence-corrected chi connectivity index (χ1v) is 11.7. The molecular formula is C25H18Cl3F3N2O2. The maximum atomic E-state index is 13.6. The Morgan fingerprint density at radius 1 is 0.971 bits per heavy atom. The van der Waals surface area contributed by atoms with Crippen LogP contribution in [0.5, 0.6) is 5.75 Å². The highest BCUT2D eigenvalue weighted by molar-refractivity contribution is 6.64. The first-order valence-electron chi connectivity index (χ1n) is 10.5. The minimum absolute atomic E-state index is 0.00565. The Balaban J connectivity index is 1.95. The summed E-state index contributed by atoms with van der Waals surface area (Å²) in [6, 6.07) is 15.2. The van der Waals surface area contributed by atoms with Gasteiger partial charge in [-0.15, -0.1) is 0 Å². The molecule has 0 saturated heterocycles. The number of halogens is 6. The van der Waals surface area contributed by atoms with Crippen molar-refractivity contribution in [2.24, 2.45) is 4.99 Å². The fourth-order valence-electron chi connectivity index (χ4n) is 4.00. The molecule has 4 nitrogen and oxygen atoms in total. The highest BCUT2D eigenvalue weighted by atomic mass is 35.5. The van der Waals surface area contributed by atoms with Gasteiger partial charge in [-0.05, 0) is 72.1 Å². The van der Waals surface area contributed by atoms with Crippen LogP contribution in [0.25, 0.3) is 0 Å². The van der Waals surface area contributed by atoms with Crippen LogP contribution in [0.4, 0.5) is 18.0 Å². The third-order valence-electron chi connectivity index (χ3n) is 5.53. The highest BCUT2D eigenvalue weighted by Crippen LogP contribution is 2.46. The third-order valence-corrected chi connectivity index (χ3v) is 6.21. The topological polar surface area (TPSA) is 41.9 Å². The van der Waals surface area contributed by atoms with Gasteiger partial charge in [0.1, 0.15) is 17.6 Å². The largest absolute Gasteiger partial charge is 0.493 e. The number of amides is 1. The Morgan fingerprint density at radius 2 is 1.54 bits per heavy atom. The molecule has 4 rings (SSSR count). The molecule has 0 fully saturated rings. The lowest BCUT2D eigenvalue weighted by atomic mass is 9.94. The summed E-state index contributed by atoms with van der Waals surface area (Å²) in [7, 11) is 0. The standard InChI is InChI=1S/C25H18Cl3F3N2O2/c1-2-35-20-12-7-16(25(29,30)31)13-19(20)23-32-21(14-3-8-17(26)9-4-14)22(33(23)24(28)34)15-5-10-18(27)11-6-15/h3-13,21-22H,2H2,1H3. The van der Waals surface area contributed by atoms with Crippen LogP contribution in [0, 0.1) is 0 Å². The molecule has 1 aliphatic heterocycles. The summed E-state index contributed by atoms with van der Waals surface area (Å²) in [4.78, 5) is 18.7. The van der Waals surface area contributed by atoms with Gasteiger partial charge < -0.3 is 4.74 Å². The first-order chi connectivity index (χ1) is 16.6. The van der Waals surface area contributed by atoms with Gasteiger partial charge in [-0.1, -0.05) is 47.5 Å². The lowest BCUT2D eigenvalue weighted by Crippen LogP contribution is -2.34. The molecule has 0 aliphatic carbocycles. The molecule has 0 aromatic heterocycles. The second-order valence-electron chi connectivity index (χ2n) is 7.71. The van der Waals surface area contributed by atoms with Crippen LogP contribution in [0.3, 0.4) is 0 Å². The Hall–Kier alpha value is -2.74. The average molecular weight is 542 g/mol. The van der Waals surface area contributed by atoms with Gasteiger partial charge in [0.05, 0.1) is 23.8 Å². The van der Waals surface area contributed by atoms with Crippen LogP contribution in [0.15, 0.2) is 71.7 Å². The number of ether oxygens (including phenoxy) is 1. The van der Waals surface area contributed by atoms with Crippen LogP contribution in [0.1, 0.15) is 41.3 Å². The van der Waals surface area contributed by atoms with Crippen LogP contribution in [0.2, 0.25) is 10.0 Å². The van der Waals surface area contributed by atoms with Gasteiger partial charge in [0.15, 0.2) is 0 Å². The number of hydrogen-bond donors (Lipinski definition) is 0. The Morgan fingerprint density at radius 3 is 2.06 bits per heavy atom. The van der Waals surface area contributed by atoms with Crippen molar-refractivity contribution < 1.29 is 22.7 Å². The normalized spacial score (nSPS) is 17.9. The quantitative estimate of drug-likeness (QED) is 0.241. The van der Waals surface area contributed by atoms with E-state index in [4.69, 9.17) is 44.5 Å². The van der Waals surface area contributed by atoms with Crippen molar-refractivity contribution in [1.82, 2.24) is 4.90 Å². The molecule has 2 unspecified atom stereocenters. The smallest absolute Gasteiger partial charge is 0.416 e. The molecule has 0 radical (unpaired) electrons. The van der Waals surface area contributed by atoms with E-state index in [0.29, 0.717) is 21.2 Å². The number of nitrogens with zero attached hydrogens (tertiary/aromatic N) is 2. The predicted molar refractivity (Wildman–Crippen MR) is 131 cm³/mol. The van der Waals surface area contributed by atoms with E-state index < -0.39 is 29.2 Å². The lowest BCUT2D eigenvalue weighted by molar-refractivity contribution is -0.137. The van der Waals surface area contributed by atoms with Crippen LogP contribution in [-0.4, -0.2) is 22.7 Å². The summed E-state index contributed by atoms with van der Waals surface area (Å²) >= 11 is 18.1. The van der Waals surface area contributed by atoms with Gasteiger partial charge >= 0.3 is 11.5 Å². The summed E-state index contributed by atoms with van der Waals surface area (Å²) in [5.74, 6) is 0.119. The fraction of sp³-hybridized carbons (Fsp3) is 0.200. The van der Waals surface area contributed by atoms with E-state index in [-0.39, 0.29) is 23.8 Å². The third kappa shape index (κ3) is 5.27. The zero-order chi connectivity index (χ0) is 25.3. The monoisotopic (exact) mass is 540 g/mol. The maximum Gasteiger partial charge on any atom is 0.416 e. The second-order valence-corrected chi connectivity index (χ2v) is 8.91. The van der Waals surface area contributed by atoms with Crippen molar-refractivity contribution in [3.63, 3.8) is 0 Å². The summed E-state index contributed by atoms with van der Waals surface area (Å²) < 4.78 is 46.3. The molecule has 1 aliphatic rings. The van der Waals surface area contributed by atoms with Gasteiger partial charge in [-0.2, -0.15) is 13.2 Å². The molecule has 182 valence electrons. The van der Waals surface area contributed by atoms with Gasteiger partial charge in [0.25, 0.3) is 0 Å². The number of carbonyl (C=O) groups is 1. The summed E-state index contributed by atoms with van der Waals surface area (Å²) in [6.07, 6.45) is -4.61. The first kappa shape index (κ1) is 25.4.